The fourth-order valence-electron chi connectivity index (χ4n) is 4.50. The maximum Gasteiger partial charge on any atom is 0.339 e. The van der Waals surface area contributed by atoms with E-state index < -0.39 is 23.1 Å². The summed E-state index contributed by atoms with van der Waals surface area (Å²) in [6.45, 7) is 6.51. The summed E-state index contributed by atoms with van der Waals surface area (Å²) in [5.41, 5.74) is -1.31. The van der Waals surface area contributed by atoms with Crippen molar-refractivity contribution in [1.29, 1.82) is 0 Å². The highest BCUT2D eigenvalue weighted by molar-refractivity contribution is 6.05. The smallest absolute Gasteiger partial charge is 0.339 e. The standard InChI is InChI=1S/C28H35NO5/c1-4-33-25(31)28(29-18-12-7-13-19-29,20-22-14-8-5-9-15-22)26(32)34-27(2,3)21-24(30)23-16-10-6-11-17-23/h5-6,8-11,14-17H,4,7,12-13,18-21H2,1-3H3. The van der Waals surface area contributed by atoms with Gasteiger partial charge in [-0.2, -0.15) is 0 Å². The van der Waals surface area contributed by atoms with Crippen LogP contribution in [0.2, 0.25) is 0 Å². The van der Waals surface area contributed by atoms with Gasteiger partial charge in [-0.3, -0.25) is 9.69 Å². The zero-order chi connectivity index (χ0) is 24.6. The lowest BCUT2D eigenvalue weighted by molar-refractivity contribution is -0.184. The van der Waals surface area contributed by atoms with Crippen molar-refractivity contribution in [2.24, 2.45) is 0 Å². The van der Waals surface area contributed by atoms with Gasteiger partial charge in [0.25, 0.3) is 0 Å². The Morgan fingerprint density at radius 1 is 0.853 bits per heavy atom. The first-order valence-electron chi connectivity index (χ1n) is 12.1. The van der Waals surface area contributed by atoms with E-state index in [1.54, 1.807) is 45.0 Å². The predicted molar refractivity (Wildman–Crippen MR) is 130 cm³/mol. The molecule has 1 aliphatic rings. The van der Waals surface area contributed by atoms with E-state index in [4.69, 9.17) is 9.47 Å². The number of Topliss-reactive ketones (excluding diaryl/α,β-unsaturated/α-hetero) is 1. The number of hydrogen-bond acceptors (Lipinski definition) is 6. The first-order valence-corrected chi connectivity index (χ1v) is 12.1. The number of rotatable bonds is 10. The molecule has 1 saturated heterocycles. The van der Waals surface area contributed by atoms with Crippen LogP contribution in [0.15, 0.2) is 60.7 Å². The molecule has 2 aromatic rings. The van der Waals surface area contributed by atoms with Gasteiger partial charge in [-0.25, -0.2) is 9.59 Å². The molecule has 0 saturated carbocycles. The lowest BCUT2D eigenvalue weighted by Crippen LogP contribution is -2.65. The highest BCUT2D eigenvalue weighted by atomic mass is 16.6. The topological polar surface area (TPSA) is 72.9 Å². The Labute approximate surface area is 202 Å². The van der Waals surface area contributed by atoms with Crippen molar-refractivity contribution in [3.05, 3.63) is 71.8 Å². The van der Waals surface area contributed by atoms with Crippen LogP contribution in [0.1, 0.15) is 62.4 Å². The van der Waals surface area contributed by atoms with E-state index in [9.17, 15) is 14.4 Å². The minimum absolute atomic E-state index is 0.00694. The van der Waals surface area contributed by atoms with E-state index in [1.807, 2.05) is 41.3 Å². The van der Waals surface area contributed by atoms with Crippen LogP contribution in [0.5, 0.6) is 0 Å². The van der Waals surface area contributed by atoms with Gasteiger partial charge in [0.05, 0.1) is 13.0 Å². The maximum atomic E-state index is 13.9. The van der Waals surface area contributed by atoms with Crippen molar-refractivity contribution < 1.29 is 23.9 Å². The number of nitrogens with zero attached hydrogens (tertiary/aromatic N) is 1. The van der Waals surface area contributed by atoms with Gasteiger partial charge in [-0.1, -0.05) is 67.1 Å². The fourth-order valence-corrected chi connectivity index (χ4v) is 4.50. The molecule has 0 aromatic heterocycles. The number of piperidine rings is 1. The number of carbonyl (C=O) groups excluding carboxylic acids is 3. The van der Waals surface area contributed by atoms with Crippen molar-refractivity contribution in [2.45, 2.75) is 64.0 Å². The fraction of sp³-hybridized carbons (Fsp3) is 0.464. The summed E-state index contributed by atoms with van der Waals surface area (Å²) in [4.78, 5) is 42.2. The second-order valence-corrected chi connectivity index (χ2v) is 9.41. The molecule has 0 radical (unpaired) electrons. The van der Waals surface area contributed by atoms with Crippen molar-refractivity contribution >= 4 is 17.7 Å². The molecule has 3 rings (SSSR count). The van der Waals surface area contributed by atoms with Crippen molar-refractivity contribution in [3.8, 4) is 0 Å². The van der Waals surface area contributed by atoms with E-state index in [1.165, 1.54) is 0 Å². The van der Waals surface area contributed by atoms with Gasteiger partial charge in [0.1, 0.15) is 5.60 Å². The van der Waals surface area contributed by atoms with Crippen LogP contribution >= 0.6 is 0 Å². The van der Waals surface area contributed by atoms with E-state index in [0.717, 1.165) is 24.8 Å². The number of benzene rings is 2. The Kier molecular flexibility index (Phi) is 8.61. The molecule has 0 aliphatic carbocycles. The van der Waals surface area contributed by atoms with Gasteiger partial charge in [0.15, 0.2) is 5.78 Å². The Balaban J connectivity index is 1.93. The summed E-state index contributed by atoms with van der Waals surface area (Å²) in [6.07, 6.45) is 2.98. The molecule has 34 heavy (non-hydrogen) atoms. The number of esters is 2. The average Bonchev–Trinajstić information content (AvgIpc) is 2.83. The second-order valence-electron chi connectivity index (χ2n) is 9.41. The van der Waals surface area contributed by atoms with Crippen molar-refractivity contribution in [3.63, 3.8) is 0 Å². The largest absolute Gasteiger partial charge is 0.464 e. The quantitative estimate of drug-likeness (QED) is 0.290. The highest BCUT2D eigenvalue weighted by Gasteiger charge is 2.55. The number of ketones is 1. The molecule has 1 aliphatic heterocycles. The normalized spacial score (nSPS) is 16.3. The Morgan fingerprint density at radius 2 is 1.44 bits per heavy atom. The number of carbonyl (C=O) groups is 3. The molecule has 1 fully saturated rings. The van der Waals surface area contributed by atoms with Crippen LogP contribution in [0.25, 0.3) is 0 Å². The first kappa shape index (κ1) is 25.6. The molecule has 0 spiro atoms. The molecule has 0 N–H and O–H groups in total. The van der Waals surface area contributed by atoms with Gasteiger partial charge in [-0.05, 0) is 52.3 Å². The van der Waals surface area contributed by atoms with Crippen LogP contribution in [-0.2, 0) is 25.5 Å². The summed E-state index contributed by atoms with van der Waals surface area (Å²) in [7, 11) is 0. The number of likely N-dealkylation sites (tertiary alicyclic amines) is 1. The monoisotopic (exact) mass is 465 g/mol. The summed E-state index contributed by atoms with van der Waals surface area (Å²) >= 11 is 0. The lowest BCUT2D eigenvalue weighted by atomic mass is 9.86. The number of hydrogen-bond donors (Lipinski definition) is 0. The van der Waals surface area contributed by atoms with Gasteiger partial charge < -0.3 is 9.47 Å². The van der Waals surface area contributed by atoms with E-state index in [-0.39, 0.29) is 25.2 Å². The third-order valence-electron chi connectivity index (χ3n) is 6.20. The predicted octanol–water partition coefficient (Wildman–Crippen LogP) is 4.61. The minimum atomic E-state index is -1.61. The van der Waals surface area contributed by atoms with Gasteiger partial charge >= 0.3 is 11.9 Å². The van der Waals surface area contributed by atoms with Crippen molar-refractivity contribution in [2.75, 3.05) is 19.7 Å². The lowest BCUT2D eigenvalue weighted by Gasteiger charge is -2.43. The minimum Gasteiger partial charge on any atom is -0.464 e. The Bertz CT molecular complexity index is 967. The molecule has 182 valence electrons. The van der Waals surface area contributed by atoms with Gasteiger partial charge in [0.2, 0.25) is 5.54 Å². The highest BCUT2D eigenvalue weighted by Crippen LogP contribution is 2.31. The molecule has 1 unspecified atom stereocenters. The molecule has 0 amide bonds. The van der Waals surface area contributed by atoms with E-state index >= 15 is 0 Å². The summed E-state index contributed by atoms with van der Waals surface area (Å²) in [5, 5.41) is 0. The van der Waals surface area contributed by atoms with Crippen molar-refractivity contribution in [1.82, 2.24) is 4.90 Å². The molecule has 6 heteroatoms. The number of ether oxygens (including phenoxy) is 2. The zero-order valence-electron chi connectivity index (χ0n) is 20.4. The molecule has 1 atom stereocenters. The van der Waals surface area contributed by atoms with Gasteiger partial charge in [-0.15, -0.1) is 0 Å². The molecule has 0 bridgehead atoms. The molecule has 2 aromatic carbocycles. The van der Waals surface area contributed by atoms with E-state index in [2.05, 4.69) is 0 Å². The molecule has 6 nitrogen and oxygen atoms in total. The van der Waals surface area contributed by atoms with Crippen LogP contribution in [0.4, 0.5) is 0 Å². The average molecular weight is 466 g/mol. The first-order chi connectivity index (χ1) is 16.3. The van der Waals surface area contributed by atoms with Crippen LogP contribution in [0.3, 0.4) is 0 Å². The SMILES string of the molecule is CCOC(=O)C(Cc1ccccc1)(C(=O)OC(C)(C)CC(=O)c1ccccc1)N1CCCCC1. The Morgan fingerprint density at radius 3 is 2.03 bits per heavy atom. The summed E-state index contributed by atoms with van der Waals surface area (Å²) < 4.78 is 11.5. The summed E-state index contributed by atoms with van der Waals surface area (Å²) in [6, 6.07) is 18.4. The van der Waals surface area contributed by atoms with E-state index in [0.29, 0.717) is 18.7 Å². The van der Waals surface area contributed by atoms with Crippen LogP contribution in [0, 0.1) is 0 Å². The maximum absolute atomic E-state index is 13.9. The molecular formula is C28H35NO5. The second kappa shape index (κ2) is 11.4. The van der Waals surface area contributed by atoms with Crippen LogP contribution < -0.4 is 0 Å². The summed E-state index contributed by atoms with van der Waals surface area (Å²) in [5.74, 6) is -1.39. The molecule has 1 heterocycles. The van der Waals surface area contributed by atoms with Gasteiger partial charge in [0, 0.05) is 12.0 Å². The Hall–Kier alpha value is -2.99. The third kappa shape index (κ3) is 6.11. The zero-order valence-corrected chi connectivity index (χ0v) is 20.4. The molecular weight excluding hydrogens is 430 g/mol. The van der Waals surface area contributed by atoms with Crippen LogP contribution in [-0.4, -0.2) is 53.5 Å². The third-order valence-corrected chi connectivity index (χ3v) is 6.20.